The van der Waals surface area contributed by atoms with Crippen LogP contribution in [0.5, 0.6) is 0 Å². The van der Waals surface area contributed by atoms with Crippen LogP contribution >= 0.6 is 11.6 Å². The van der Waals surface area contributed by atoms with Crippen molar-refractivity contribution in [3.05, 3.63) is 35.3 Å². The molecule has 0 aliphatic carbocycles. The highest BCUT2D eigenvalue weighted by Gasteiger charge is 2.02. The highest BCUT2D eigenvalue weighted by Crippen LogP contribution is 2.12. The van der Waals surface area contributed by atoms with Crippen molar-refractivity contribution in [2.24, 2.45) is 0 Å². The van der Waals surface area contributed by atoms with Gasteiger partial charge in [0.15, 0.2) is 5.65 Å². The number of halogens is 1. The van der Waals surface area contributed by atoms with Gasteiger partial charge in [0.05, 0.1) is 6.20 Å². The summed E-state index contributed by atoms with van der Waals surface area (Å²) in [5.41, 5.74) is 1.74. The third-order valence-corrected chi connectivity index (χ3v) is 2.19. The summed E-state index contributed by atoms with van der Waals surface area (Å²) in [7, 11) is 1.90. The van der Waals surface area contributed by atoms with E-state index in [0.29, 0.717) is 5.15 Å². The molecule has 2 aromatic heterocycles. The predicted octanol–water partition coefficient (Wildman–Crippen LogP) is 1.62. The molecule has 2 rings (SSSR count). The van der Waals surface area contributed by atoms with E-state index in [0.717, 1.165) is 17.8 Å². The van der Waals surface area contributed by atoms with Crippen LogP contribution in [0.2, 0.25) is 5.15 Å². The van der Waals surface area contributed by atoms with E-state index in [2.05, 4.69) is 15.4 Å². The Morgan fingerprint density at radius 1 is 1.60 bits per heavy atom. The summed E-state index contributed by atoms with van der Waals surface area (Å²) < 4.78 is 1.70. The maximum atomic E-state index is 5.82. The van der Waals surface area contributed by atoms with Crippen molar-refractivity contribution in [1.29, 1.82) is 0 Å². The zero-order chi connectivity index (χ0) is 10.7. The lowest BCUT2D eigenvalue weighted by molar-refractivity contribution is 0.922. The highest BCUT2D eigenvalue weighted by atomic mass is 35.5. The minimum Gasteiger partial charge on any atom is -0.316 e. The Labute approximate surface area is 92.6 Å². The lowest BCUT2D eigenvalue weighted by atomic mass is 10.3. The quantitative estimate of drug-likeness (QED) is 0.803. The Morgan fingerprint density at radius 3 is 3.27 bits per heavy atom. The van der Waals surface area contributed by atoms with Crippen molar-refractivity contribution in [2.45, 2.75) is 0 Å². The number of hydrogen-bond donors (Lipinski definition) is 1. The average molecular weight is 223 g/mol. The normalized spacial score (nSPS) is 11.6. The van der Waals surface area contributed by atoms with Crippen LogP contribution in [0.15, 0.2) is 24.5 Å². The fourth-order valence-electron chi connectivity index (χ4n) is 1.29. The summed E-state index contributed by atoms with van der Waals surface area (Å²) in [5, 5.41) is 7.67. The standard InChI is InChI=1S/C10H11ClN4/c1-12-5-2-3-8-7-13-15-6-4-9(11)14-10(8)15/h2-4,6-7,12H,5H2,1H3. The summed E-state index contributed by atoms with van der Waals surface area (Å²) in [5.74, 6) is 0. The average Bonchev–Trinajstić information content (AvgIpc) is 2.62. The summed E-state index contributed by atoms with van der Waals surface area (Å²) in [6, 6.07) is 1.71. The van der Waals surface area contributed by atoms with E-state index >= 15 is 0 Å². The number of fused-ring (bicyclic) bond motifs is 1. The highest BCUT2D eigenvalue weighted by molar-refractivity contribution is 6.29. The van der Waals surface area contributed by atoms with Crippen LogP contribution in [0.25, 0.3) is 11.7 Å². The molecular formula is C10H11ClN4. The molecule has 2 aromatic rings. The van der Waals surface area contributed by atoms with Gasteiger partial charge in [0.2, 0.25) is 0 Å². The lowest BCUT2D eigenvalue weighted by Gasteiger charge is -1.93. The molecular weight excluding hydrogens is 212 g/mol. The van der Waals surface area contributed by atoms with Crippen molar-refractivity contribution in [1.82, 2.24) is 19.9 Å². The van der Waals surface area contributed by atoms with Gasteiger partial charge >= 0.3 is 0 Å². The van der Waals surface area contributed by atoms with Crippen molar-refractivity contribution < 1.29 is 0 Å². The van der Waals surface area contributed by atoms with Gasteiger partial charge in [-0.3, -0.25) is 0 Å². The number of hydrogen-bond acceptors (Lipinski definition) is 3. The molecule has 4 nitrogen and oxygen atoms in total. The van der Waals surface area contributed by atoms with Gasteiger partial charge in [-0.2, -0.15) is 5.10 Å². The Hall–Kier alpha value is -1.39. The fourth-order valence-corrected chi connectivity index (χ4v) is 1.42. The minimum atomic E-state index is 0.478. The van der Waals surface area contributed by atoms with Crippen LogP contribution in [0.4, 0.5) is 0 Å². The predicted molar refractivity (Wildman–Crippen MR) is 61.0 cm³/mol. The van der Waals surface area contributed by atoms with E-state index in [4.69, 9.17) is 11.6 Å². The molecule has 0 aromatic carbocycles. The Balaban J connectivity index is 2.39. The molecule has 0 fully saturated rings. The Kier molecular flexibility index (Phi) is 2.99. The number of nitrogens with zero attached hydrogens (tertiary/aromatic N) is 3. The molecule has 15 heavy (non-hydrogen) atoms. The van der Waals surface area contributed by atoms with Gasteiger partial charge in [-0.25, -0.2) is 9.50 Å². The van der Waals surface area contributed by atoms with Gasteiger partial charge in [-0.1, -0.05) is 23.8 Å². The largest absolute Gasteiger partial charge is 0.316 e. The Morgan fingerprint density at radius 2 is 2.47 bits per heavy atom. The molecule has 0 saturated heterocycles. The zero-order valence-corrected chi connectivity index (χ0v) is 9.07. The van der Waals surface area contributed by atoms with Crippen molar-refractivity contribution in [3.8, 4) is 0 Å². The first-order chi connectivity index (χ1) is 7.31. The van der Waals surface area contributed by atoms with E-state index in [-0.39, 0.29) is 0 Å². The maximum Gasteiger partial charge on any atom is 0.163 e. The SMILES string of the molecule is CNCC=Cc1cnn2ccc(Cl)nc12. The number of likely N-dealkylation sites (N-methyl/N-ethyl adjacent to an activating group) is 1. The van der Waals surface area contributed by atoms with Crippen molar-refractivity contribution in [2.75, 3.05) is 13.6 Å². The zero-order valence-electron chi connectivity index (χ0n) is 8.31. The van der Waals surface area contributed by atoms with Crippen LogP contribution in [0, 0.1) is 0 Å². The second kappa shape index (κ2) is 4.42. The summed E-state index contributed by atoms with van der Waals surface area (Å²) in [6.07, 6.45) is 7.55. The molecule has 2 heterocycles. The lowest BCUT2D eigenvalue weighted by Crippen LogP contribution is -2.03. The first kappa shape index (κ1) is 10.1. The Bertz CT molecular complexity index is 489. The van der Waals surface area contributed by atoms with Crippen LogP contribution < -0.4 is 5.32 Å². The van der Waals surface area contributed by atoms with Gasteiger partial charge in [0, 0.05) is 18.3 Å². The van der Waals surface area contributed by atoms with Gasteiger partial charge < -0.3 is 5.32 Å². The first-order valence-electron chi connectivity index (χ1n) is 4.62. The summed E-state index contributed by atoms with van der Waals surface area (Å²) in [6.45, 7) is 0.817. The van der Waals surface area contributed by atoms with Gasteiger partial charge in [0.1, 0.15) is 5.15 Å². The van der Waals surface area contributed by atoms with E-state index in [1.54, 1.807) is 23.0 Å². The monoisotopic (exact) mass is 222 g/mol. The van der Waals surface area contributed by atoms with E-state index in [1.165, 1.54) is 0 Å². The van der Waals surface area contributed by atoms with Crippen molar-refractivity contribution >= 4 is 23.3 Å². The number of nitrogens with one attached hydrogen (secondary N) is 1. The molecule has 5 heteroatoms. The molecule has 0 atom stereocenters. The van der Waals surface area contributed by atoms with Crippen LogP contribution in [-0.2, 0) is 0 Å². The van der Waals surface area contributed by atoms with E-state index in [9.17, 15) is 0 Å². The maximum absolute atomic E-state index is 5.82. The van der Waals surface area contributed by atoms with Crippen LogP contribution in [0.3, 0.4) is 0 Å². The molecule has 0 aliphatic rings. The van der Waals surface area contributed by atoms with E-state index in [1.807, 2.05) is 19.2 Å². The molecule has 78 valence electrons. The molecule has 0 aliphatic heterocycles. The molecule has 0 bridgehead atoms. The van der Waals surface area contributed by atoms with Gasteiger partial charge in [0.25, 0.3) is 0 Å². The summed E-state index contributed by atoms with van der Waals surface area (Å²) >= 11 is 5.82. The summed E-state index contributed by atoms with van der Waals surface area (Å²) in [4.78, 5) is 4.21. The van der Waals surface area contributed by atoms with Crippen molar-refractivity contribution in [3.63, 3.8) is 0 Å². The smallest absolute Gasteiger partial charge is 0.163 e. The van der Waals surface area contributed by atoms with E-state index < -0.39 is 0 Å². The van der Waals surface area contributed by atoms with Crippen LogP contribution in [-0.4, -0.2) is 28.2 Å². The number of aromatic nitrogens is 3. The fraction of sp³-hybridized carbons (Fsp3) is 0.200. The second-order valence-corrected chi connectivity index (χ2v) is 3.47. The second-order valence-electron chi connectivity index (χ2n) is 3.08. The first-order valence-corrected chi connectivity index (χ1v) is 5.00. The van der Waals surface area contributed by atoms with Crippen LogP contribution in [0.1, 0.15) is 5.56 Å². The van der Waals surface area contributed by atoms with Gasteiger partial charge in [-0.15, -0.1) is 0 Å². The molecule has 0 spiro atoms. The van der Waals surface area contributed by atoms with Gasteiger partial charge in [-0.05, 0) is 13.1 Å². The molecule has 0 saturated carbocycles. The molecule has 0 radical (unpaired) electrons. The number of rotatable bonds is 3. The molecule has 0 unspecified atom stereocenters. The third-order valence-electron chi connectivity index (χ3n) is 1.98. The molecule has 0 amide bonds. The minimum absolute atomic E-state index is 0.478. The molecule has 1 N–H and O–H groups in total. The topological polar surface area (TPSA) is 42.2 Å². The third kappa shape index (κ3) is 2.16.